The smallest absolute Gasteiger partial charge is 0.309 e. The molecule has 1 aromatic heterocycles. The minimum atomic E-state index is -3.71. The molecule has 2 heterocycles. The standard InChI is InChI=1S/C32H31FN4O6S/c1-43-26-17-19(6-11-25(26)33)28(36-20-7-10-22-18(16-20)12-14-35-30(22)34)31(38)37-15-13-24(32(39)40)29(37)23-4-2-3-5-27(23)44(41,42)21-8-9-21/h2-7,10-12,14,16-17,21,24,28-29,36H,8-9,13,15H2,1H3,(H2,34,35)(H,39,40)/t24-,28?,29+/m0/s1. The van der Waals surface area contributed by atoms with Gasteiger partial charge in [-0.3, -0.25) is 9.59 Å². The first-order chi connectivity index (χ1) is 21.1. The number of fused-ring (bicyclic) bond motifs is 1. The van der Waals surface area contributed by atoms with Crippen molar-refractivity contribution in [2.75, 3.05) is 24.7 Å². The van der Waals surface area contributed by atoms with Gasteiger partial charge in [0.2, 0.25) is 5.91 Å². The number of carbonyl (C=O) groups excluding carboxylic acids is 1. The van der Waals surface area contributed by atoms with E-state index in [-0.39, 0.29) is 29.2 Å². The molecule has 2 fully saturated rings. The Hall–Kier alpha value is -4.71. The van der Waals surface area contributed by atoms with Crippen molar-refractivity contribution < 1.29 is 32.2 Å². The van der Waals surface area contributed by atoms with Gasteiger partial charge in [0, 0.05) is 23.8 Å². The maximum absolute atomic E-state index is 14.6. The third-order valence-corrected chi connectivity index (χ3v) is 10.7. The summed E-state index contributed by atoms with van der Waals surface area (Å²) in [5.41, 5.74) is 7.22. The number of benzene rings is 3. The molecular formula is C32H31FN4O6S. The number of nitrogens with zero attached hydrogens (tertiary/aromatic N) is 2. The third kappa shape index (κ3) is 5.30. The summed E-state index contributed by atoms with van der Waals surface area (Å²) in [5.74, 6) is -2.99. The molecule has 6 rings (SSSR count). The zero-order valence-electron chi connectivity index (χ0n) is 23.8. The molecule has 0 radical (unpaired) electrons. The molecular weight excluding hydrogens is 587 g/mol. The number of hydrogen-bond donors (Lipinski definition) is 3. The minimum absolute atomic E-state index is 0.0483. The lowest BCUT2D eigenvalue weighted by Crippen LogP contribution is -2.40. The zero-order chi connectivity index (χ0) is 31.2. The second-order valence-corrected chi connectivity index (χ2v) is 13.3. The molecule has 10 nitrogen and oxygen atoms in total. The monoisotopic (exact) mass is 618 g/mol. The van der Waals surface area contributed by atoms with E-state index in [4.69, 9.17) is 10.5 Å². The van der Waals surface area contributed by atoms with Crippen molar-refractivity contribution in [3.63, 3.8) is 0 Å². The van der Waals surface area contributed by atoms with Crippen LogP contribution in [0.15, 0.2) is 77.8 Å². The third-order valence-electron chi connectivity index (χ3n) is 8.37. The summed E-state index contributed by atoms with van der Waals surface area (Å²) in [6.45, 7) is 0.0781. The number of sulfone groups is 1. The summed E-state index contributed by atoms with van der Waals surface area (Å²) >= 11 is 0. The van der Waals surface area contributed by atoms with E-state index in [0.29, 0.717) is 29.9 Å². The van der Waals surface area contributed by atoms with E-state index in [2.05, 4.69) is 10.3 Å². The highest BCUT2D eigenvalue weighted by Gasteiger charge is 2.47. The number of carbonyl (C=O) groups is 2. The van der Waals surface area contributed by atoms with E-state index in [1.165, 1.54) is 36.3 Å². The fourth-order valence-electron chi connectivity index (χ4n) is 5.99. The number of carboxylic acid groups (broad SMARTS) is 1. The normalized spacial score (nSPS) is 19.1. The summed E-state index contributed by atoms with van der Waals surface area (Å²) in [7, 11) is -2.39. The Morgan fingerprint density at radius 3 is 2.59 bits per heavy atom. The number of halogens is 1. The highest BCUT2D eigenvalue weighted by Crippen LogP contribution is 2.44. The van der Waals surface area contributed by atoms with E-state index >= 15 is 0 Å². The van der Waals surface area contributed by atoms with E-state index in [1.807, 2.05) is 0 Å². The number of aromatic nitrogens is 1. The number of pyridine rings is 1. The number of anilines is 2. The largest absolute Gasteiger partial charge is 0.494 e. The van der Waals surface area contributed by atoms with Crippen molar-refractivity contribution >= 4 is 44.0 Å². The molecule has 12 heteroatoms. The van der Waals surface area contributed by atoms with Crippen LogP contribution in [0.25, 0.3) is 10.8 Å². The fraction of sp³-hybridized carbons (Fsp3) is 0.281. The van der Waals surface area contributed by atoms with Crippen LogP contribution in [0.5, 0.6) is 5.75 Å². The van der Waals surface area contributed by atoms with E-state index in [1.54, 1.807) is 48.7 Å². The second-order valence-electron chi connectivity index (χ2n) is 11.1. The van der Waals surface area contributed by atoms with Crippen LogP contribution >= 0.6 is 0 Å². The van der Waals surface area contributed by atoms with Crippen LogP contribution in [0.2, 0.25) is 0 Å². The molecule has 4 aromatic rings. The molecule has 1 saturated heterocycles. The molecule has 228 valence electrons. The van der Waals surface area contributed by atoms with Crippen LogP contribution in [0.3, 0.4) is 0 Å². The zero-order valence-corrected chi connectivity index (χ0v) is 24.6. The van der Waals surface area contributed by atoms with Crippen LogP contribution in [0.4, 0.5) is 15.9 Å². The van der Waals surface area contributed by atoms with Gasteiger partial charge in [-0.15, -0.1) is 0 Å². The lowest BCUT2D eigenvalue weighted by atomic mass is 9.93. The number of aliphatic carboxylic acids is 1. The van der Waals surface area contributed by atoms with Gasteiger partial charge in [-0.05, 0) is 78.2 Å². The molecule has 0 spiro atoms. The van der Waals surface area contributed by atoms with E-state index in [0.717, 1.165) is 10.8 Å². The summed E-state index contributed by atoms with van der Waals surface area (Å²) in [5, 5.41) is 14.4. The first-order valence-electron chi connectivity index (χ1n) is 14.2. The predicted molar refractivity (Wildman–Crippen MR) is 162 cm³/mol. The first kappa shape index (κ1) is 29.4. The van der Waals surface area contributed by atoms with Gasteiger partial charge in [-0.1, -0.05) is 24.3 Å². The molecule has 1 aliphatic heterocycles. The Bertz CT molecular complexity index is 1880. The van der Waals surface area contributed by atoms with Crippen LogP contribution in [0, 0.1) is 11.7 Å². The highest BCUT2D eigenvalue weighted by atomic mass is 32.2. The van der Waals surface area contributed by atoms with Gasteiger partial charge in [-0.2, -0.15) is 0 Å². The number of rotatable bonds is 9. The summed E-state index contributed by atoms with van der Waals surface area (Å²) in [6, 6.07) is 15.3. The SMILES string of the molecule is COc1cc(C(Nc2ccc3c(N)nccc3c2)C(=O)N2CC[C@H](C(=O)O)[C@H]2c2ccccc2S(=O)(=O)C2CC2)ccc1F. The van der Waals surface area contributed by atoms with E-state index < -0.39 is 50.8 Å². The number of nitrogen functional groups attached to an aromatic ring is 1. The number of methoxy groups -OCH3 is 1. The first-order valence-corrected chi connectivity index (χ1v) is 15.7. The quantitative estimate of drug-likeness (QED) is 0.242. The van der Waals surface area contributed by atoms with Crippen molar-refractivity contribution in [1.82, 2.24) is 9.88 Å². The Morgan fingerprint density at radius 1 is 1.09 bits per heavy atom. The fourth-order valence-corrected chi connectivity index (χ4v) is 7.89. The molecule has 1 amide bonds. The van der Waals surface area contributed by atoms with Crippen LogP contribution in [-0.2, 0) is 19.4 Å². The molecule has 1 aliphatic carbocycles. The van der Waals surface area contributed by atoms with Crippen molar-refractivity contribution in [3.8, 4) is 5.75 Å². The molecule has 0 bridgehead atoms. The Balaban J connectivity index is 1.44. The van der Waals surface area contributed by atoms with Crippen molar-refractivity contribution in [1.29, 1.82) is 0 Å². The van der Waals surface area contributed by atoms with Crippen LogP contribution in [-0.4, -0.2) is 54.2 Å². The maximum Gasteiger partial charge on any atom is 0.309 e. The molecule has 2 aliphatic rings. The average Bonchev–Trinajstić information content (AvgIpc) is 3.79. The van der Waals surface area contributed by atoms with Gasteiger partial charge < -0.3 is 25.8 Å². The lowest BCUT2D eigenvalue weighted by molar-refractivity contribution is -0.143. The van der Waals surface area contributed by atoms with Crippen LogP contribution in [0.1, 0.15) is 42.5 Å². The van der Waals surface area contributed by atoms with Gasteiger partial charge in [0.05, 0.1) is 29.2 Å². The molecule has 1 saturated carbocycles. The number of ether oxygens (including phenoxy) is 1. The molecule has 44 heavy (non-hydrogen) atoms. The number of amides is 1. The average molecular weight is 619 g/mol. The number of nitrogens with two attached hydrogens (primary N) is 1. The minimum Gasteiger partial charge on any atom is -0.494 e. The van der Waals surface area contributed by atoms with E-state index in [9.17, 15) is 27.5 Å². The molecule has 3 aromatic carbocycles. The van der Waals surface area contributed by atoms with Gasteiger partial charge in [0.25, 0.3) is 0 Å². The van der Waals surface area contributed by atoms with Crippen molar-refractivity contribution in [2.45, 2.75) is 41.5 Å². The van der Waals surface area contributed by atoms with Gasteiger partial charge in [-0.25, -0.2) is 17.8 Å². The topological polar surface area (TPSA) is 152 Å². The molecule has 1 unspecified atom stereocenters. The Morgan fingerprint density at radius 2 is 1.86 bits per heavy atom. The van der Waals surface area contributed by atoms with Gasteiger partial charge >= 0.3 is 5.97 Å². The predicted octanol–water partition coefficient (Wildman–Crippen LogP) is 4.73. The molecule has 3 atom stereocenters. The summed E-state index contributed by atoms with van der Waals surface area (Å²) in [6.07, 6.45) is 2.78. The lowest BCUT2D eigenvalue weighted by Gasteiger charge is -2.32. The van der Waals surface area contributed by atoms with Gasteiger partial charge in [0.1, 0.15) is 11.9 Å². The Kier molecular flexibility index (Phi) is 7.62. The number of likely N-dealkylation sites (tertiary alicyclic amines) is 1. The second kappa shape index (κ2) is 11.4. The number of nitrogens with one attached hydrogen (secondary N) is 1. The number of hydrogen-bond acceptors (Lipinski definition) is 8. The maximum atomic E-state index is 14.6. The van der Waals surface area contributed by atoms with Crippen molar-refractivity contribution in [2.24, 2.45) is 5.92 Å². The summed E-state index contributed by atoms with van der Waals surface area (Å²) in [4.78, 5) is 32.6. The van der Waals surface area contributed by atoms with Crippen LogP contribution < -0.4 is 15.8 Å². The molecule has 4 N–H and O–H groups in total. The number of carboxylic acids is 1. The summed E-state index contributed by atoms with van der Waals surface area (Å²) < 4.78 is 46.5. The highest BCUT2D eigenvalue weighted by molar-refractivity contribution is 7.92. The van der Waals surface area contributed by atoms with Crippen molar-refractivity contribution in [3.05, 3.63) is 89.9 Å². The Labute approximate surface area is 253 Å². The van der Waals surface area contributed by atoms with Gasteiger partial charge in [0.15, 0.2) is 21.4 Å².